The minimum atomic E-state index is -0.0516. The van der Waals surface area contributed by atoms with Crippen LogP contribution in [0.1, 0.15) is 18.0 Å². The van der Waals surface area contributed by atoms with Crippen molar-refractivity contribution in [3.63, 3.8) is 0 Å². The monoisotopic (exact) mass is 207 g/mol. The largest absolute Gasteiger partial charge is 0.396 e. The lowest BCUT2D eigenvalue weighted by Gasteiger charge is -2.09. The van der Waals surface area contributed by atoms with Gasteiger partial charge in [-0.15, -0.1) is 11.3 Å². The fraction of sp³-hybridized carbons (Fsp3) is 0.273. The van der Waals surface area contributed by atoms with Gasteiger partial charge in [-0.1, -0.05) is 6.07 Å². The van der Waals surface area contributed by atoms with E-state index in [4.69, 9.17) is 10.8 Å². The topological polar surface area (TPSA) is 46.2 Å². The van der Waals surface area contributed by atoms with Gasteiger partial charge in [0, 0.05) is 17.3 Å². The minimum Gasteiger partial charge on any atom is -0.396 e. The van der Waals surface area contributed by atoms with Crippen LogP contribution in [0.3, 0.4) is 0 Å². The summed E-state index contributed by atoms with van der Waals surface area (Å²) < 4.78 is 1.28. The molecule has 0 saturated carbocycles. The molecule has 1 atom stereocenters. The van der Waals surface area contributed by atoms with E-state index < -0.39 is 0 Å². The van der Waals surface area contributed by atoms with Gasteiger partial charge in [0.1, 0.15) is 0 Å². The van der Waals surface area contributed by atoms with Gasteiger partial charge in [-0.05, 0) is 40.9 Å². The molecule has 3 heteroatoms. The molecule has 0 bridgehead atoms. The van der Waals surface area contributed by atoms with Crippen LogP contribution in [0.5, 0.6) is 0 Å². The maximum atomic E-state index is 8.79. The van der Waals surface area contributed by atoms with Crippen molar-refractivity contribution < 1.29 is 5.11 Å². The number of aliphatic hydroxyl groups excluding tert-OH is 1. The molecule has 1 aromatic carbocycles. The van der Waals surface area contributed by atoms with Gasteiger partial charge in [-0.3, -0.25) is 0 Å². The first kappa shape index (κ1) is 9.65. The summed E-state index contributed by atoms with van der Waals surface area (Å²) in [7, 11) is 0. The highest BCUT2D eigenvalue weighted by Crippen LogP contribution is 2.24. The number of rotatable bonds is 3. The van der Waals surface area contributed by atoms with Crippen molar-refractivity contribution in [1.82, 2.24) is 0 Å². The third kappa shape index (κ3) is 1.80. The van der Waals surface area contributed by atoms with Crippen LogP contribution in [-0.2, 0) is 0 Å². The second-order valence-corrected chi connectivity index (χ2v) is 4.28. The molecule has 74 valence electrons. The molecule has 0 amide bonds. The predicted molar refractivity (Wildman–Crippen MR) is 60.5 cm³/mol. The summed E-state index contributed by atoms with van der Waals surface area (Å²) in [5.74, 6) is 0. The number of benzene rings is 1. The Balaban J connectivity index is 2.33. The van der Waals surface area contributed by atoms with E-state index in [0.29, 0.717) is 6.42 Å². The van der Waals surface area contributed by atoms with Crippen LogP contribution < -0.4 is 5.73 Å². The maximum Gasteiger partial charge on any atom is 0.0449 e. The molecule has 2 nitrogen and oxygen atoms in total. The zero-order valence-electron chi connectivity index (χ0n) is 7.81. The molecule has 0 spiro atoms. The van der Waals surface area contributed by atoms with Gasteiger partial charge in [0.25, 0.3) is 0 Å². The highest BCUT2D eigenvalue weighted by Gasteiger charge is 2.05. The first-order valence-electron chi connectivity index (χ1n) is 4.65. The smallest absolute Gasteiger partial charge is 0.0449 e. The van der Waals surface area contributed by atoms with Crippen LogP contribution >= 0.6 is 11.3 Å². The summed E-state index contributed by atoms with van der Waals surface area (Å²) in [5.41, 5.74) is 7.01. The summed E-state index contributed by atoms with van der Waals surface area (Å²) in [6.45, 7) is 0.142. The number of thiophene rings is 1. The lowest BCUT2D eigenvalue weighted by molar-refractivity contribution is 0.276. The molecule has 3 N–H and O–H groups in total. The molecule has 2 aromatic rings. The van der Waals surface area contributed by atoms with Gasteiger partial charge in [0.2, 0.25) is 0 Å². The number of hydrogen-bond acceptors (Lipinski definition) is 3. The molecule has 2 rings (SSSR count). The molecule has 0 aliphatic rings. The summed E-state index contributed by atoms with van der Waals surface area (Å²) >= 11 is 1.73. The molecular formula is C11H13NOS. The van der Waals surface area contributed by atoms with Crippen LogP contribution in [0.15, 0.2) is 29.6 Å². The lowest BCUT2D eigenvalue weighted by atomic mass is 10.0. The predicted octanol–water partition coefficient (Wildman–Crippen LogP) is 2.28. The van der Waals surface area contributed by atoms with Gasteiger partial charge >= 0.3 is 0 Å². The number of nitrogens with two attached hydrogens (primary N) is 1. The summed E-state index contributed by atoms with van der Waals surface area (Å²) in [5, 5.41) is 12.1. The van der Waals surface area contributed by atoms with Gasteiger partial charge in [0.05, 0.1) is 0 Å². The third-order valence-corrected chi connectivity index (χ3v) is 3.24. The van der Waals surface area contributed by atoms with Crippen molar-refractivity contribution in [2.45, 2.75) is 12.5 Å². The lowest BCUT2D eigenvalue weighted by Crippen LogP contribution is -2.11. The molecule has 0 fully saturated rings. The van der Waals surface area contributed by atoms with Crippen molar-refractivity contribution in [1.29, 1.82) is 0 Å². The molecule has 0 aliphatic heterocycles. The van der Waals surface area contributed by atoms with E-state index in [-0.39, 0.29) is 12.6 Å². The first-order chi connectivity index (χ1) is 6.81. The first-order valence-corrected chi connectivity index (χ1v) is 5.53. The van der Waals surface area contributed by atoms with E-state index in [1.165, 1.54) is 10.1 Å². The Bertz CT molecular complexity index is 424. The van der Waals surface area contributed by atoms with Crippen molar-refractivity contribution in [3.8, 4) is 0 Å². The fourth-order valence-corrected chi connectivity index (χ4v) is 2.29. The van der Waals surface area contributed by atoms with E-state index in [1.807, 2.05) is 6.07 Å². The molecule has 0 saturated heterocycles. The molecule has 1 aromatic heterocycles. The number of aliphatic hydroxyl groups is 1. The van der Waals surface area contributed by atoms with E-state index >= 15 is 0 Å². The summed E-state index contributed by atoms with van der Waals surface area (Å²) in [6, 6.07) is 8.27. The molecule has 0 radical (unpaired) electrons. The Morgan fingerprint density at radius 1 is 1.36 bits per heavy atom. The maximum absolute atomic E-state index is 8.79. The highest BCUT2D eigenvalue weighted by atomic mass is 32.1. The van der Waals surface area contributed by atoms with Crippen molar-refractivity contribution in [3.05, 3.63) is 35.2 Å². The average Bonchev–Trinajstić information content (AvgIpc) is 2.64. The van der Waals surface area contributed by atoms with Crippen molar-refractivity contribution >= 4 is 21.4 Å². The van der Waals surface area contributed by atoms with Gasteiger partial charge in [-0.2, -0.15) is 0 Å². The Morgan fingerprint density at radius 2 is 2.21 bits per heavy atom. The van der Waals surface area contributed by atoms with Crippen LogP contribution in [0.25, 0.3) is 10.1 Å². The van der Waals surface area contributed by atoms with Gasteiger partial charge in [0.15, 0.2) is 0 Å². The van der Waals surface area contributed by atoms with E-state index in [0.717, 1.165) is 5.56 Å². The van der Waals surface area contributed by atoms with Crippen LogP contribution in [0.4, 0.5) is 0 Å². The molecular weight excluding hydrogens is 194 g/mol. The fourth-order valence-electron chi connectivity index (χ4n) is 1.52. The second kappa shape index (κ2) is 4.09. The quantitative estimate of drug-likeness (QED) is 0.811. The molecule has 1 heterocycles. The van der Waals surface area contributed by atoms with Gasteiger partial charge in [-0.25, -0.2) is 0 Å². The SMILES string of the molecule is NC(CCO)c1ccc2sccc2c1. The van der Waals surface area contributed by atoms with E-state index in [1.54, 1.807) is 11.3 Å². The summed E-state index contributed by atoms with van der Waals surface area (Å²) in [6.07, 6.45) is 0.621. The van der Waals surface area contributed by atoms with Crippen molar-refractivity contribution in [2.24, 2.45) is 5.73 Å². The Labute approximate surface area is 87.0 Å². The highest BCUT2D eigenvalue weighted by molar-refractivity contribution is 7.17. The van der Waals surface area contributed by atoms with Crippen LogP contribution in [0.2, 0.25) is 0 Å². The van der Waals surface area contributed by atoms with Crippen LogP contribution in [0, 0.1) is 0 Å². The molecule has 0 aliphatic carbocycles. The third-order valence-electron chi connectivity index (χ3n) is 2.34. The zero-order valence-corrected chi connectivity index (χ0v) is 8.63. The van der Waals surface area contributed by atoms with E-state index in [9.17, 15) is 0 Å². The molecule has 1 unspecified atom stereocenters. The Hall–Kier alpha value is -0.900. The standard InChI is InChI=1S/C11H13NOS/c12-10(3-5-13)8-1-2-11-9(7-8)4-6-14-11/h1-2,4,6-7,10,13H,3,5,12H2. The number of fused-ring (bicyclic) bond motifs is 1. The Morgan fingerprint density at radius 3 is 3.00 bits per heavy atom. The minimum absolute atomic E-state index is 0.0516. The average molecular weight is 207 g/mol. The molecule has 14 heavy (non-hydrogen) atoms. The van der Waals surface area contributed by atoms with Gasteiger partial charge < -0.3 is 10.8 Å². The second-order valence-electron chi connectivity index (χ2n) is 3.34. The van der Waals surface area contributed by atoms with Crippen molar-refractivity contribution in [2.75, 3.05) is 6.61 Å². The van der Waals surface area contributed by atoms with Crippen LogP contribution in [-0.4, -0.2) is 11.7 Å². The summed E-state index contributed by atoms with van der Waals surface area (Å²) in [4.78, 5) is 0. The number of hydrogen-bond donors (Lipinski definition) is 2. The zero-order chi connectivity index (χ0) is 9.97. The Kier molecular flexibility index (Phi) is 2.82. The van der Waals surface area contributed by atoms with E-state index in [2.05, 4.69) is 23.6 Å². The normalized spacial score (nSPS) is 13.3.